The van der Waals surface area contributed by atoms with Gasteiger partial charge < -0.3 is 4.74 Å². The molecule has 0 spiro atoms. The molecule has 0 radical (unpaired) electrons. The summed E-state index contributed by atoms with van der Waals surface area (Å²) in [7, 11) is 0. The summed E-state index contributed by atoms with van der Waals surface area (Å²) in [4.78, 5) is 14.8. The summed E-state index contributed by atoms with van der Waals surface area (Å²) < 4.78 is 5.45. The molecule has 1 heterocycles. The zero-order valence-electron chi connectivity index (χ0n) is 13.3. The van der Waals surface area contributed by atoms with Crippen molar-refractivity contribution in [3.63, 3.8) is 0 Å². The van der Waals surface area contributed by atoms with Gasteiger partial charge >= 0.3 is 5.97 Å². The second kappa shape index (κ2) is 8.42. The Hall–Kier alpha value is -0.870. The van der Waals surface area contributed by atoms with Gasteiger partial charge in [-0.05, 0) is 58.5 Å². The molecule has 0 aliphatic rings. The van der Waals surface area contributed by atoms with Crippen LogP contribution in [0.2, 0.25) is 0 Å². The first-order valence-electron chi connectivity index (χ1n) is 7.38. The Morgan fingerprint density at radius 1 is 1.30 bits per heavy atom. The molecule has 3 nitrogen and oxygen atoms in total. The van der Waals surface area contributed by atoms with Crippen LogP contribution in [0.4, 0.5) is 0 Å². The fourth-order valence-corrected chi connectivity index (χ4v) is 3.30. The number of hydrogen-bond donors (Lipinski definition) is 0. The molecule has 0 amide bonds. The minimum atomic E-state index is -0.201. The largest absolute Gasteiger partial charge is 0.457 e. The predicted octanol–water partition coefficient (Wildman–Crippen LogP) is 4.25. The first-order valence-corrected chi connectivity index (χ1v) is 8.26. The average molecular weight is 297 g/mol. The molecular weight excluding hydrogens is 270 g/mol. The van der Waals surface area contributed by atoms with Gasteiger partial charge in [-0.3, -0.25) is 9.69 Å². The molecule has 0 saturated carbocycles. The number of carbonyl (C=O) groups is 1. The van der Waals surface area contributed by atoms with E-state index in [2.05, 4.69) is 32.6 Å². The van der Waals surface area contributed by atoms with E-state index >= 15 is 0 Å². The van der Waals surface area contributed by atoms with Crippen LogP contribution in [0.1, 0.15) is 58.4 Å². The summed E-state index contributed by atoms with van der Waals surface area (Å²) in [6, 6.07) is 5.14. The number of carbonyl (C=O) groups excluding carboxylic acids is 1. The fourth-order valence-electron chi connectivity index (χ4n) is 2.51. The number of thiophene rings is 1. The van der Waals surface area contributed by atoms with Gasteiger partial charge in [-0.25, -0.2) is 0 Å². The first-order chi connectivity index (χ1) is 9.41. The summed E-state index contributed by atoms with van der Waals surface area (Å²) in [6.45, 7) is 11.4. The monoisotopic (exact) mass is 297 g/mol. The number of esters is 1. The highest BCUT2D eigenvalue weighted by Crippen LogP contribution is 2.27. The van der Waals surface area contributed by atoms with Gasteiger partial charge in [0, 0.05) is 23.9 Å². The molecule has 1 aromatic rings. The zero-order chi connectivity index (χ0) is 15.1. The first kappa shape index (κ1) is 17.2. The molecule has 0 bridgehead atoms. The van der Waals surface area contributed by atoms with E-state index in [1.807, 2.05) is 17.5 Å². The lowest BCUT2D eigenvalue weighted by Crippen LogP contribution is -2.37. The molecule has 20 heavy (non-hydrogen) atoms. The molecule has 0 aliphatic carbocycles. The Labute approximate surface area is 126 Å². The van der Waals surface area contributed by atoms with E-state index in [1.165, 1.54) is 6.92 Å². The standard InChI is InChI=1S/C16H27NO2S/c1-12(2)17(13(3)4)10-6-8-15(19-14(5)18)16-9-7-11-20-16/h7,9,11-13,15H,6,8,10H2,1-5H3. The Balaban J connectivity index is 2.52. The van der Waals surface area contributed by atoms with Crippen molar-refractivity contribution in [2.45, 2.75) is 65.6 Å². The Morgan fingerprint density at radius 3 is 2.40 bits per heavy atom. The molecule has 1 unspecified atom stereocenters. The molecule has 0 N–H and O–H groups in total. The van der Waals surface area contributed by atoms with Gasteiger partial charge in [-0.1, -0.05) is 6.07 Å². The van der Waals surface area contributed by atoms with Crippen LogP contribution in [0.5, 0.6) is 0 Å². The van der Waals surface area contributed by atoms with Crippen molar-refractivity contribution in [1.82, 2.24) is 4.90 Å². The molecule has 1 aromatic heterocycles. The van der Waals surface area contributed by atoms with Gasteiger partial charge in [0.05, 0.1) is 0 Å². The lowest BCUT2D eigenvalue weighted by molar-refractivity contribution is -0.147. The van der Waals surface area contributed by atoms with Gasteiger partial charge in [0.1, 0.15) is 6.10 Å². The molecule has 0 aromatic carbocycles. The normalized spacial score (nSPS) is 13.2. The summed E-state index contributed by atoms with van der Waals surface area (Å²) in [5.74, 6) is -0.201. The molecule has 4 heteroatoms. The third-order valence-electron chi connectivity index (χ3n) is 3.38. The highest BCUT2D eigenvalue weighted by molar-refractivity contribution is 7.10. The fraction of sp³-hybridized carbons (Fsp3) is 0.688. The van der Waals surface area contributed by atoms with Crippen LogP contribution in [0.15, 0.2) is 17.5 Å². The summed E-state index contributed by atoms with van der Waals surface area (Å²) in [6.07, 6.45) is 1.83. The Morgan fingerprint density at radius 2 is 1.95 bits per heavy atom. The molecule has 1 rings (SSSR count). The SMILES string of the molecule is CC(=O)OC(CCCN(C(C)C)C(C)C)c1cccs1. The summed E-state index contributed by atoms with van der Waals surface area (Å²) in [5, 5.41) is 2.03. The summed E-state index contributed by atoms with van der Waals surface area (Å²) >= 11 is 1.65. The second-order valence-corrected chi connectivity index (χ2v) is 6.66. The number of hydrogen-bond acceptors (Lipinski definition) is 4. The van der Waals surface area contributed by atoms with Crippen LogP contribution in [-0.4, -0.2) is 29.5 Å². The molecule has 0 fully saturated rings. The van der Waals surface area contributed by atoms with Gasteiger partial charge in [-0.15, -0.1) is 11.3 Å². The lowest BCUT2D eigenvalue weighted by atomic mass is 10.1. The Kier molecular flexibility index (Phi) is 7.24. The maximum atomic E-state index is 11.2. The van der Waals surface area contributed by atoms with E-state index in [0.717, 1.165) is 24.3 Å². The topological polar surface area (TPSA) is 29.5 Å². The van der Waals surface area contributed by atoms with Crippen molar-refractivity contribution in [2.24, 2.45) is 0 Å². The van der Waals surface area contributed by atoms with Crippen molar-refractivity contribution in [3.05, 3.63) is 22.4 Å². The van der Waals surface area contributed by atoms with Crippen LogP contribution in [-0.2, 0) is 9.53 Å². The van der Waals surface area contributed by atoms with E-state index in [0.29, 0.717) is 12.1 Å². The van der Waals surface area contributed by atoms with E-state index in [1.54, 1.807) is 11.3 Å². The van der Waals surface area contributed by atoms with E-state index in [-0.39, 0.29) is 12.1 Å². The Bertz CT molecular complexity index is 379. The average Bonchev–Trinajstić information content (AvgIpc) is 2.85. The van der Waals surface area contributed by atoms with Crippen molar-refractivity contribution >= 4 is 17.3 Å². The molecular formula is C16H27NO2S. The van der Waals surface area contributed by atoms with Crippen molar-refractivity contribution in [1.29, 1.82) is 0 Å². The molecule has 1 atom stereocenters. The third kappa shape index (κ3) is 5.63. The van der Waals surface area contributed by atoms with Crippen LogP contribution in [0, 0.1) is 0 Å². The molecule has 0 saturated heterocycles. The molecule has 0 aliphatic heterocycles. The number of rotatable bonds is 8. The maximum Gasteiger partial charge on any atom is 0.303 e. The quantitative estimate of drug-likeness (QED) is 0.672. The van der Waals surface area contributed by atoms with Crippen molar-refractivity contribution in [3.8, 4) is 0 Å². The van der Waals surface area contributed by atoms with Crippen molar-refractivity contribution in [2.75, 3.05) is 6.54 Å². The minimum Gasteiger partial charge on any atom is -0.457 e. The van der Waals surface area contributed by atoms with Crippen LogP contribution >= 0.6 is 11.3 Å². The minimum absolute atomic E-state index is 0.0892. The molecule has 114 valence electrons. The third-order valence-corrected chi connectivity index (χ3v) is 4.34. The van der Waals surface area contributed by atoms with Gasteiger partial charge in [0.15, 0.2) is 0 Å². The highest BCUT2D eigenvalue weighted by atomic mass is 32.1. The summed E-state index contributed by atoms with van der Waals surface area (Å²) in [5.41, 5.74) is 0. The lowest BCUT2D eigenvalue weighted by Gasteiger charge is -2.30. The van der Waals surface area contributed by atoms with Gasteiger partial charge in [0.2, 0.25) is 0 Å². The van der Waals surface area contributed by atoms with Crippen LogP contribution < -0.4 is 0 Å². The van der Waals surface area contributed by atoms with E-state index in [4.69, 9.17) is 4.74 Å². The van der Waals surface area contributed by atoms with Crippen LogP contribution in [0.3, 0.4) is 0 Å². The van der Waals surface area contributed by atoms with Gasteiger partial charge in [0.25, 0.3) is 0 Å². The van der Waals surface area contributed by atoms with E-state index in [9.17, 15) is 4.79 Å². The van der Waals surface area contributed by atoms with Gasteiger partial charge in [-0.2, -0.15) is 0 Å². The maximum absolute atomic E-state index is 11.2. The zero-order valence-corrected chi connectivity index (χ0v) is 14.1. The number of ether oxygens (including phenoxy) is 1. The smallest absolute Gasteiger partial charge is 0.303 e. The van der Waals surface area contributed by atoms with Crippen LogP contribution in [0.25, 0.3) is 0 Å². The number of nitrogens with zero attached hydrogens (tertiary/aromatic N) is 1. The van der Waals surface area contributed by atoms with Crippen molar-refractivity contribution < 1.29 is 9.53 Å². The predicted molar refractivity (Wildman–Crippen MR) is 85.0 cm³/mol. The second-order valence-electron chi connectivity index (χ2n) is 5.68. The highest BCUT2D eigenvalue weighted by Gasteiger charge is 2.18. The van der Waals surface area contributed by atoms with E-state index < -0.39 is 0 Å².